The summed E-state index contributed by atoms with van der Waals surface area (Å²) in [5, 5.41) is 2.25. The molecule has 0 aliphatic carbocycles. The van der Waals surface area contributed by atoms with Gasteiger partial charge in [0.2, 0.25) is 11.8 Å². The Morgan fingerprint density at radius 3 is 2.55 bits per heavy atom. The Morgan fingerprint density at radius 2 is 1.95 bits per heavy atom. The van der Waals surface area contributed by atoms with E-state index in [0.29, 0.717) is 0 Å². The molecular weight excluding hydrogens is 256 g/mol. The highest BCUT2D eigenvalue weighted by Crippen LogP contribution is 2.20. The van der Waals surface area contributed by atoms with Crippen molar-refractivity contribution in [2.24, 2.45) is 11.8 Å². The summed E-state index contributed by atoms with van der Waals surface area (Å²) in [6.45, 7) is 5.72. The number of amides is 4. The maximum absolute atomic E-state index is 12.3. The van der Waals surface area contributed by atoms with Gasteiger partial charge in [0.15, 0.2) is 0 Å². The van der Waals surface area contributed by atoms with Crippen LogP contribution >= 0.6 is 0 Å². The molecule has 1 aliphatic rings. The van der Waals surface area contributed by atoms with Gasteiger partial charge >= 0.3 is 6.03 Å². The number of carbonyl (C=O) groups is 3. The number of hydrogen-bond acceptors (Lipinski definition) is 3. The van der Waals surface area contributed by atoms with E-state index in [1.165, 1.54) is 0 Å². The minimum atomic E-state index is -0.794. The highest BCUT2D eigenvalue weighted by molar-refractivity contribution is 6.16. The van der Waals surface area contributed by atoms with Crippen LogP contribution in [0, 0.1) is 18.8 Å². The molecule has 1 aromatic rings. The second kappa shape index (κ2) is 5.45. The van der Waals surface area contributed by atoms with Crippen molar-refractivity contribution in [3.63, 3.8) is 0 Å². The summed E-state index contributed by atoms with van der Waals surface area (Å²) < 4.78 is 0. The van der Waals surface area contributed by atoms with Crippen LogP contribution in [0.1, 0.15) is 25.0 Å². The minimum Gasteiger partial charge on any atom is -0.277 e. The number of carbonyl (C=O) groups excluding carboxylic acids is 3. The predicted molar refractivity (Wildman–Crippen MR) is 73.6 cm³/mol. The predicted octanol–water partition coefficient (Wildman–Crippen LogP) is 1.85. The normalized spacial score (nSPS) is 19.5. The molecule has 1 unspecified atom stereocenters. The molecule has 5 nitrogen and oxygen atoms in total. The van der Waals surface area contributed by atoms with Crippen LogP contribution in [0.3, 0.4) is 0 Å². The average Bonchev–Trinajstić information content (AvgIpc) is 2.33. The molecule has 0 spiro atoms. The van der Waals surface area contributed by atoms with E-state index in [2.05, 4.69) is 5.32 Å². The van der Waals surface area contributed by atoms with E-state index in [-0.39, 0.29) is 12.5 Å². The van der Waals surface area contributed by atoms with Gasteiger partial charge in [0.05, 0.1) is 6.54 Å². The topological polar surface area (TPSA) is 66.5 Å². The lowest BCUT2D eigenvalue weighted by Gasteiger charge is -2.31. The van der Waals surface area contributed by atoms with Gasteiger partial charge in [-0.05, 0) is 18.4 Å². The summed E-state index contributed by atoms with van der Waals surface area (Å²) >= 11 is 0. The van der Waals surface area contributed by atoms with Gasteiger partial charge < -0.3 is 0 Å². The quantitative estimate of drug-likeness (QED) is 0.855. The zero-order valence-corrected chi connectivity index (χ0v) is 11.8. The molecule has 2 rings (SSSR count). The maximum atomic E-state index is 12.3. The first kappa shape index (κ1) is 14.2. The van der Waals surface area contributed by atoms with Crippen molar-refractivity contribution in [2.45, 2.75) is 27.3 Å². The molecule has 1 saturated heterocycles. The molecule has 1 N–H and O–H groups in total. The first-order valence-corrected chi connectivity index (χ1v) is 6.62. The Hall–Kier alpha value is -2.17. The van der Waals surface area contributed by atoms with Crippen molar-refractivity contribution in [1.29, 1.82) is 0 Å². The van der Waals surface area contributed by atoms with Gasteiger partial charge in [-0.25, -0.2) is 4.79 Å². The lowest BCUT2D eigenvalue weighted by Crippen LogP contribution is -2.58. The number of barbiturate groups is 1. The molecule has 0 bridgehead atoms. The van der Waals surface area contributed by atoms with Gasteiger partial charge in [-0.2, -0.15) is 0 Å². The summed E-state index contributed by atoms with van der Waals surface area (Å²) in [4.78, 5) is 37.0. The van der Waals surface area contributed by atoms with Crippen LogP contribution in [0.15, 0.2) is 24.3 Å². The number of imide groups is 2. The molecule has 0 radical (unpaired) electrons. The summed E-state index contributed by atoms with van der Waals surface area (Å²) in [5.41, 5.74) is 1.93. The van der Waals surface area contributed by atoms with Gasteiger partial charge in [0.25, 0.3) is 0 Å². The van der Waals surface area contributed by atoms with Crippen LogP contribution in [0.4, 0.5) is 4.79 Å². The third-order valence-corrected chi connectivity index (χ3v) is 3.38. The number of aryl methyl sites for hydroxylation is 1. The Morgan fingerprint density at radius 1 is 1.25 bits per heavy atom. The fourth-order valence-electron chi connectivity index (χ4n) is 2.36. The van der Waals surface area contributed by atoms with Crippen LogP contribution in [0.5, 0.6) is 0 Å². The molecule has 1 heterocycles. The van der Waals surface area contributed by atoms with Crippen molar-refractivity contribution in [3.05, 3.63) is 35.4 Å². The number of rotatable bonds is 3. The first-order valence-electron chi connectivity index (χ1n) is 6.62. The highest BCUT2D eigenvalue weighted by atomic mass is 16.2. The second-order valence-electron chi connectivity index (χ2n) is 5.43. The van der Waals surface area contributed by atoms with Crippen molar-refractivity contribution in [2.75, 3.05) is 0 Å². The number of benzene rings is 1. The van der Waals surface area contributed by atoms with Gasteiger partial charge in [0, 0.05) is 0 Å². The van der Waals surface area contributed by atoms with Crippen molar-refractivity contribution in [1.82, 2.24) is 10.2 Å². The summed E-state index contributed by atoms with van der Waals surface area (Å²) in [7, 11) is 0. The van der Waals surface area contributed by atoms with E-state index >= 15 is 0 Å². The van der Waals surface area contributed by atoms with Gasteiger partial charge in [-0.3, -0.25) is 19.8 Å². The summed E-state index contributed by atoms with van der Waals surface area (Å²) in [5.74, 6) is -1.86. The van der Waals surface area contributed by atoms with E-state index in [0.717, 1.165) is 16.0 Å². The Bertz CT molecular complexity index is 566. The number of nitrogens with one attached hydrogen (secondary N) is 1. The average molecular weight is 274 g/mol. The zero-order valence-electron chi connectivity index (χ0n) is 11.8. The molecule has 0 aromatic heterocycles. The molecular formula is C15H18N2O3. The summed E-state index contributed by atoms with van der Waals surface area (Å²) in [6, 6.07) is 6.96. The van der Waals surface area contributed by atoms with Gasteiger partial charge in [-0.15, -0.1) is 0 Å². The SMILES string of the molecule is Cc1cccc(CN2C(=O)NC(=O)C(C(C)C)C2=O)c1. The van der Waals surface area contributed by atoms with E-state index in [4.69, 9.17) is 0 Å². The minimum absolute atomic E-state index is 0.143. The maximum Gasteiger partial charge on any atom is 0.331 e. The molecule has 106 valence electrons. The van der Waals surface area contributed by atoms with E-state index in [1.807, 2.05) is 31.2 Å². The third-order valence-electron chi connectivity index (χ3n) is 3.38. The van der Waals surface area contributed by atoms with Gasteiger partial charge in [0.1, 0.15) is 5.92 Å². The van der Waals surface area contributed by atoms with Crippen LogP contribution in [0.2, 0.25) is 0 Å². The Balaban J connectivity index is 2.24. The monoisotopic (exact) mass is 274 g/mol. The molecule has 0 saturated carbocycles. The molecule has 20 heavy (non-hydrogen) atoms. The van der Waals surface area contributed by atoms with E-state index in [1.54, 1.807) is 13.8 Å². The van der Waals surface area contributed by atoms with Crippen LogP contribution < -0.4 is 5.32 Å². The van der Waals surface area contributed by atoms with Gasteiger partial charge in [-0.1, -0.05) is 43.7 Å². The fourth-order valence-corrected chi connectivity index (χ4v) is 2.36. The van der Waals surface area contributed by atoms with Crippen LogP contribution in [-0.2, 0) is 16.1 Å². The Labute approximate surface area is 118 Å². The van der Waals surface area contributed by atoms with Crippen molar-refractivity contribution < 1.29 is 14.4 Å². The molecule has 4 amide bonds. The number of nitrogens with zero attached hydrogens (tertiary/aromatic N) is 1. The molecule has 1 aliphatic heterocycles. The molecule has 5 heteroatoms. The van der Waals surface area contributed by atoms with Crippen molar-refractivity contribution >= 4 is 17.8 Å². The van der Waals surface area contributed by atoms with E-state index < -0.39 is 23.8 Å². The zero-order chi connectivity index (χ0) is 14.9. The van der Waals surface area contributed by atoms with E-state index in [9.17, 15) is 14.4 Å². The molecule has 1 aromatic carbocycles. The first-order chi connectivity index (χ1) is 9.40. The summed E-state index contributed by atoms with van der Waals surface area (Å²) in [6.07, 6.45) is 0. The lowest BCUT2D eigenvalue weighted by molar-refractivity contribution is -0.144. The van der Waals surface area contributed by atoms with Crippen LogP contribution in [0.25, 0.3) is 0 Å². The number of urea groups is 1. The smallest absolute Gasteiger partial charge is 0.277 e. The third kappa shape index (κ3) is 2.71. The Kier molecular flexibility index (Phi) is 3.88. The largest absolute Gasteiger partial charge is 0.331 e. The number of hydrogen-bond donors (Lipinski definition) is 1. The highest BCUT2D eigenvalue weighted by Gasteiger charge is 2.41. The fraction of sp³-hybridized carbons (Fsp3) is 0.400. The lowest BCUT2D eigenvalue weighted by atomic mass is 9.92. The molecule has 1 atom stereocenters. The van der Waals surface area contributed by atoms with Crippen molar-refractivity contribution in [3.8, 4) is 0 Å². The molecule has 1 fully saturated rings. The van der Waals surface area contributed by atoms with Crippen LogP contribution in [-0.4, -0.2) is 22.7 Å². The second-order valence-corrected chi connectivity index (χ2v) is 5.43. The standard InChI is InChI=1S/C15H18N2O3/c1-9(2)12-13(18)16-15(20)17(14(12)19)8-11-6-4-5-10(3)7-11/h4-7,9,12H,8H2,1-3H3,(H,16,18,20).